The number of nitrogens with one attached hydrogen (secondary N) is 1. The molecule has 1 aliphatic carbocycles. The van der Waals surface area contributed by atoms with E-state index >= 15 is 4.39 Å². The fraction of sp³-hybridized carbons (Fsp3) is 0.462. The third-order valence-corrected chi connectivity index (χ3v) is 12.1. The second kappa shape index (κ2) is 11.4. The Kier molecular flexibility index (Phi) is 7.12. The third-order valence-electron chi connectivity index (χ3n) is 12.1. The zero-order valence-electron chi connectivity index (χ0n) is 27.6. The Morgan fingerprint density at radius 2 is 1.98 bits per heavy atom. The zero-order valence-corrected chi connectivity index (χ0v) is 27.6. The highest BCUT2D eigenvalue weighted by molar-refractivity contribution is 6.03. The molecule has 1 saturated carbocycles. The van der Waals surface area contributed by atoms with Crippen molar-refractivity contribution in [1.29, 1.82) is 0 Å². The van der Waals surface area contributed by atoms with Gasteiger partial charge in [-0.1, -0.05) is 37.0 Å². The Labute approximate surface area is 284 Å². The number of phenols is 1. The first-order valence-electron chi connectivity index (χ1n) is 17.6. The van der Waals surface area contributed by atoms with E-state index in [0.717, 1.165) is 58.3 Å². The highest BCUT2D eigenvalue weighted by Crippen LogP contribution is 2.46. The highest BCUT2D eigenvalue weighted by Gasteiger charge is 2.50. The van der Waals surface area contributed by atoms with E-state index in [0.29, 0.717) is 40.5 Å². The van der Waals surface area contributed by atoms with Gasteiger partial charge < -0.3 is 20.1 Å². The summed E-state index contributed by atoms with van der Waals surface area (Å²) in [5, 5.41) is 15.9. The standard InChI is InChI=1S/C39H40F2N6O2/c1-3-28-31(40)10-9-24-15-27(48)16-29(32(24)28)34-33(41)35-30(18-42-34)36(46-20-26-11-13-39(21-46,45-26)25-7-4-5-8-25)44-37(43-35)49-22-38-12-6-14-47(38)19-23(2)17-38/h1,9-10,15-16,18,25-26,45,48H,2,4-8,11-14,17,19-22H2/t26-,38-,39+/m0/s1. The van der Waals surface area contributed by atoms with Crippen molar-refractivity contribution in [1.82, 2.24) is 25.2 Å². The van der Waals surface area contributed by atoms with Gasteiger partial charge in [-0.05, 0) is 81.0 Å². The maximum absolute atomic E-state index is 17.1. The summed E-state index contributed by atoms with van der Waals surface area (Å²) in [7, 11) is 0. The first-order valence-corrected chi connectivity index (χ1v) is 17.6. The Morgan fingerprint density at radius 1 is 1.12 bits per heavy atom. The number of phenolic OH excluding ortho intramolecular Hbond substituents is 1. The molecule has 4 aliphatic heterocycles. The molecule has 5 aliphatic rings. The monoisotopic (exact) mass is 662 g/mol. The van der Waals surface area contributed by atoms with Gasteiger partial charge in [0.15, 0.2) is 5.82 Å². The summed E-state index contributed by atoms with van der Waals surface area (Å²) in [6, 6.07) is 6.05. The molecule has 0 spiro atoms. The van der Waals surface area contributed by atoms with E-state index in [1.54, 1.807) is 6.20 Å². The third kappa shape index (κ3) is 4.88. The van der Waals surface area contributed by atoms with E-state index in [1.165, 1.54) is 55.5 Å². The number of benzene rings is 2. The van der Waals surface area contributed by atoms with Gasteiger partial charge in [-0.15, -0.1) is 6.42 Å². The van der Waals surface area contributed by atoms with Crippen LogP contribution in [0.4, 0.5) is 14.6 Å². The van der Waals surface area contributed by atoms with Gasteiger partial charge in [0.2, 0.25) is 0 Å². The average Bonchev–Trinajstić information content (AvgIpc) is 3.88. The van der Waals surface area contributed by atoms with Gasteiger partial charge in [-0.25, -0.2) is 8.78 Å². The van der Waals surface area contributed by atoms with E-state index in [4.69, 9.17) is 21.1 Å². The number of fused-ring (bicyclic) bond motifs is 5. The molecular weight excluding hydrogens is 622 g/mol. The van der Waals surface area contributed by atoms with Gasteiger partial charge >= 0.3 is 6.01 Å². The molecule has 2 N–H and O–H groups in total. The number of anilines is 1. The van der Waals surface area contributed by atoms with Gasteiger partial charge in [0.25, 0.3) is 0 Å². The number of aromatic hydroxyl groups is 1. The molecule has 49 heavy (non-hydrogen) atoms. The van der Waals surface area contributed by atoms with Crippen LogP contribution in [0.25, 0.3) is 32.9 Å². The summed E-state index contributed by atoms with van der Waals surface area (Å²) < 4.78 is 38.5. The lowest BCUT2D eigenvalue weighted by Gasteiger charge is -2.45. The van der Waals surface area contributed by atoms with E-state index < -0.39 is 11.6 Å². The summed E-state index contributed by atoms with van der Waals surface area (Å²) in [6.45, 7) is 8.01. The van der Waals surface area contributed by atoms with Crippen LogP contribution in [0.1, 0.15) is 63.4 Å². The topological polar surface area (TPSA) is 86.6 Å². The molecule has 8 nitrogen and oxygen atoms in total. The second-order valence-electron chi connectivity index (χ2n) is 15.0. The molecule has 6 heterocycles. The fourth-order valence-corrected chi connectivity index (χ4v) is 9.92. The van der Waals surface area contributed by atoms with Crippen LogP contribution in [0.5, 0.6) is 11.8 Å². The Bertz CT molecular complexity index is 2070. The number of nitrogens with zero attached hydrogens (tertiary/aromatic N) is 5. The van der Waals surface area contributed by atoms with Crippen molar-refractivity contribution in [3.05, 3.63) is 59.8 Å². The van der Waals surface area contributed by atoms with Crippen molar-refractivity contribution in [3.63, 3.8) is 0 Å². The number of aromatic nitrogens is 3. The number of halogens is 2. The first kappa shape index (κ1) is 30.7. The fourth-order valence-electron chi connectivity index (χ4n) is 9.92. The molecule has 3 atom stereocenters. The number of pyridine rings is 1. The first-order chi connectivity index (χ1) is 23.8. The lowest BCUT2D eigenvalue weighted by molar-refractivity contribution is 0.108. The molecule has 10 heteroatoms. The normalized spacial score (nSPS) is 27.0. The van der Waals surface area contributed by atoms with E-state index in [2.05, 4.69) is 32.6 Å². The van der Waals surface area contributed by atoms with Crippen LogP contribution in [0.2, 0.25) is 0 Å². The van der Waals surface area contributed by atoms with Crippen molar-refractivity contribution >= 4 is 27.5 Å². The number of rotatable bonds is 6. The van der Waals surface area contributed by atoms with Crippen molar-refractivity contribution in [2.24, 2.45) is 5.92 Å². The quantitative estimate of drug-likeness (QED) is 0.179. The molecule has 2 bridgehead atoms. The van der Waals surface area contributed by atoms with Crippen LogP contribution in [0.3, 0.4) is 0 Å². The smallest absolute Gasteiger partial charge is 0.319 e. The number of terminal acetylenes is 1. The molecule has 5 fully saturated rings. The lowest BCUT2D eigenvalue weighted by Crippen LogP contribution is -2.62. The average molecular weight is 663 g/mol. The van der Waals surface area contributed by atoms with Crippen molar-refractivity contribution in [2.75, 3.05) is 37.7 Å². The Hall–Kier alpha value is -4.33. The van der Waals surface area contributed by atoms with Gasteiger partial charge in [0, 0.05) is 48.4 Å². The van der Waals surface area contributed by atoms with E-state index in [-0.39, 0.29) is 45.2 Å². The number of piperazine rings is 1. The lowest BCUT2D eigenvalue weighted by atomic mass is 9.80. The molecule has 0 amide bonds. The van der Waals surface area contributed by atoms with Crippen molar-refractivity contribution in [3.8, 4) is 35.4 Å². The molecule has 0 unspecified atom stereocenters. The molecule has 9 rings (SSSR count). The summed E-state index contributed by atoms with van der Waals surface area (Å²) >= 11 is 0. The number of ether oxygens (including phenoxy) is 1. The predicted molar refractivity (Wildman–Crippen MR) is 186 cm³/mol. The Balaban J connectivity index is 1.19. The van der Waals surface area contributed by atoms with Crippen molar-refractivity contribution in [2.45, 2.75) is 74.9 Å². The molecule has 4 aromatic rings. The summed E-state index contributed by atoms with van der Waals surface area (Å²) in [5.41, 5.74) is 1.18. The van der Waals surface area contributed by atoms with Crippen LogP contribution >= 0.6 is 0 Å². The van der Waals surface area contributed by atoms with Gasteiger partial charge in [-0.2, -0.15) is 9.97 Å². The van der Waals surface area contributed by atoms with Gasteiger partial charge in [0.1, 0.15) is 35.2 Å². The largest absolute Gasteiger partial charge is 0.508 e. The molecule has 2 aromatic carbocycles. The minimum absolute atomic E-state index is 0.00662. The Morgan fingerprint density at radius 3 is 2.82 bits per heavy atom. The minimum Gasteiger partial charge on any atom is -0.508 e. The van der Waals surface area contributed by atoms with Crippen LogP contribution < -0.4 is 15.0 Å². The molecule has 252 valence electrons. The SMILES string of the molecule is C#Cc1c(F)ccc2cc(O)cc(-c3ncc4c(N5C[C@@H]6CC[C@](C7CCCC7)(C5)N6)nc(OC[C@@]56CCCN5CC(=C)C6)nc4c3F)c12. The molecular formula is C39H40F2N6O2. The zero-order chi connectivity index (χ0) is 33.5. The predicted octanol–water partition coefficient (Wildman–Crippen LogP) is 6.48. The molecule has 0 radical (unpaired) electrons. The maximum atomic E-state index is 17.1. The van der Waals surface area contributed by atoms with E-state index in [1.807, 2.05) is 0 Å². The summed E-state index contributed by atoms with van der Waals surface area (Å²) in [4.78, 5) is 19.1. The number of hydrogen-bond donors (Lipinski definition) is 2. The van der Waals surface area contributed by atoms with Crippen LogP contribution in [-0.4, -0.2) is 74.9 Å². The molecule has 2 aromatic heterocycles. The van der Waals surface area contributed by atoms with E-state index in [9.17, 15) is 9.50 Å². The van der Waals surface area contributed by atoms with Crippen molar-refractivity contribution < 1.29 is 18.6 Å². The summed E-state index contributed by atoms with van der Waals surface area (Å²) in [6.07, 6.45) is 17.4. The van der Waals surface area contributed by atoms with Gasteiger partial charge in [-0.3, -0.25) is 9.88 Å². The second-order valence-corrected chi connectivity index (χ2v) is 15.0. The van der Waals surface area contributed by atoms with Gasteiger partial charge in [0.05, 0.1) is 16.5 Å². The maximum Gasteiger partial charge on any atom is 0.319 e. The minimum atomic E-state index is -0.705. The van der Waals surface area contributed by atoms with Crippen LogP contribution in [0.15, 0.2) is 42.6 Å². The highest BCUT2D eigenvalue weighted by atomic mass is 19.1. The van der Waals surface area contributed by atoms with Crippen LogP contribution in [0, 0.1) is 29.9 Å². The number of hydrogen-bond acceptors (Lipinski definition) is 8. The summed E-state index contributed by atoms with van der Waals surface area (Å²) in [5.74, 6) is 2.20. The molecule has 4 saturated heterocycles. The van der Waals surface area contributed by atoms with Crippen LogP contribution in [-0.2, 0) is 0 Å².